The second kappa shape index (κ2) is 4.94. The molecule has 0 aromatic rings. The molecule has 1 aliphatic rings. The summed E-state index contributed by atoms with van der Waals surface area (Å²) in [6.45, 7) is 8.09. The van der Waals surface area contributed by atoms with Crippen molar-refractivity contribution in [2.45, 2.75) is 32.7 Å². The van der Waals surface area contributed by atoms with Gasteiger partial charge in [0.2, 0.25) is 0 Å². The van der Waals surface area contributed by atoms with Crippen molar-refractivity contribution in [3.05, 3.63) is 0 Å². The molecule has 1 fully saturated rings. The highest BCUT2D eigenvalue weighted by Crippen LogP contribution is 2.20. The lowest BCUT2D eigenvalue weighted by Gasteiger charge is -2.33. The maximum Gasteiger partial charge on any atom is 0.0431 e. The summed E-state index contributed by atoms with van der Waals surface area (Å²) in [7, 11) is 0. The van der Waals surface area contributed by atoms with E-state index in [1.165, 1.54) is 0 Å². The third kappa shape index (κ3) is 4.07. The van der Waals surface area contributed by atoms with E-state index in [4.69, 9.17) is 5.11 Å². The van der Waals surface area contributed by atoms with E-state index in [2.05, 4.69) is 24.5 Å². The summed E-state index contributed by atoms with van der Waals surface area (Å²) in [5.74, 6) is 0. The fraction of sp³-hybridized carbons (Fsp3) is 1.00. The third-order valence-corrected chi connectivity index (χ3v) is 2.66. The second-order valence-electron chi connectivity index (χ2n) is 4.73. The Labute approximate surface area is 80.9 Å². The summed E-state index contributed by atoms with van der Waals surface area (Å²) in [6, 6.07) is 0.674. The zero-order chi connectivity index (χ0) is 9.73. The molecule has 3 N–H and O–H groups in total. The highest BCUT2D eigenvalue weighted by molar-refractivity contribution is 4.84. The molecule has 0 unspecified atom stereocenters. The summed E-state index contributed by atoms with van der Waals surface area (Å²) in [4.78, 5) is 0. The van der Waals surface area contributed by atoms with Crippen LogP contribution in [0.25, 0.3) is 0 Å². The molecule has 0 spiro atoms. The Morgan fingerprint density at radius 3 is 2.62 bits per heavy atom. The Hall–Kier alpha value is -0.120. The van der Waals surface area contributed by atoms with E-state index in [1.807, 2.05) is 0 Å². The topological polar surface area (TPSA) is 44.3 Å². The highest BCUT2D eigenvalue weighted by Gasteiger charge is 2.21. The van der Waals surface area contributed by atoms with E-state index < -0.39 is 0 Å². The van der Waals surface area contributed by atoms with Gasteiger partial charge in [0.25, 0.3) is 0 Å². The fourth-order valence-electron chi connectivity index (χ4n) is 1.50. The van der Waals surface area contributed by atoms with Crippen molar-refractivity contribution in [1.29, 1.82) is 0 Å². The van der Waals surface area contributed by atoms with Crippen LogP contribution in [0.2, 0.25) is 0 Å². The number of aliphatic hydroxyl groups excluding tert-OH is 1. The van der Waals surface area contributed by atoms with Crippen molar-refractivity contribution in [3.8, 4) is 0 Å². The maximum atomic E-state index is 8.73. The normalized spacial score (nSPS) is 18.7. The predicted octanol–water partition coefficient (Wildman–Crippen LogP) is 0.346. The molecule has 0 aromatic heterocycles. The van der Waals surface area contributed by atoms with Gasteiger partial charge in [-0.25, -0.2) is 0 Å². The zero-order valence-corrected chi connectivity index (χ0v) is 8.77. The van der Waals surface area contributed by atoms with Gasteiger partial charge in [-0.3, -0.25) is 0 Å². The van der Waals surface area contributed by atoms with Crippen LogP contribution in [-0.4, -0.2) is 37.4 Å². The molecule has 1 heterocycles. The van der Waals surface area contributed by atoms with E-state index in [9.17, 15) is 0 Å². The first-order chi connectivity index (χ1) is 6.14. The monoisotopic (exact) mass is 186 g/mol. The average molecular weight is 186 g/mol. The van der Waals surface area contributed by atoms with Crippen LogP contribution in [0, 0.1) is 5.41 Å². The Morgan fingerprint density at radius 1 is 1.46 bits per heavy atom. The highest BCUT2D eigenvalue weighted by atomic mass is 16.2. The smallest absolute Gasteiger partial charge is 0.0431 e. The molecular weight excluding hydrogens is 164 g/mol. The molecule has 0 aromatic carbocycles. The first-order valence-corrected chi connectivity index (χ1v) is 5.19. The second-order valence-corrected chi connectivity index (χ2v) is 4.73. The van der Waals surface area contributed by atoms with Gasteiger partial charge in [-0.2, -0.15) is 0 Å². The SMILES string of the molecule is CC(C)(CCCO)CNC1CNC1. The van der Waals surface area contributed by atoms with E-state index >= 15 is 0 Å². The van der Waals surface area contributed by atoms with Gasteiger partial charge >= 0.3 is 0 Å². The van der Waals surface area contributed by atoms with Crippen molar-refractivity contribution in [1.82, 2.24) is 10.6 Å². The molecular formula is C10H22N2O. The predicted molar refractivity (Wildman–Crippen MR) is 54.8 cm³/mol. The Bertz CT molecular complexity index is 144. The molecule has 1 aliphatic heterocycles. The lowest BCUT2D eigenvalue weighted by molar-refractivity contribution is 0.223. The molecule has 3 nitrogen and oxygen atoms in total. The zero-order valence-electron chi connectivity index (χ0n) is 8.77. The number of aliphatic hydroxyl groups is 1. The molecule has 0 bridgehead atoms. The minimum absolute atomic E-state index is 0.314. The van der Waals surface area contributed by atoms with Crippen molar-refractivity contribution in [2.24, 2.45) is 5.41 Å². The van der Waals surface area contributed by atoms with Gasteiger partial charge in [0.1, 0.15) is 0 Å². The van der Waals surface area contributed by atoms with Crippen LogP contribution in [0.5, 0.6) is 0 Å². The van der Waals surface area contributed by atoms with E-state index in [1.54, 1.807) is 0 Å². The summed E-state index contributed by atoms with van der Waals surface area (Å²) >= 11 is 0. The van der Waals surface area contributed by atoms with Crippen LogP contribution < -0.4 is 10.6 Å². The van der Waals surface area contributed by atoms with Crippen molar-refractivity contribution in [2.75, 3.05) is 26.2 Å². The Morgan fingerprint density at radius 2 is 2.15 bits per heavy atom. The third-order valence-electron chi connectivity index (χ3n) is 2.66. The molecule has 0 radical (unpaired) electrons. The van der Waals surface area contributed by atoms with Crippen molar-refractivity contribution < 1.29 is 5.11 Å². The van der Waals surface area contributed by atoms with Crippen LogP contribution in [0.15, 0.2) is 0 Å². The van der Waals surface area contributed by atoms with Crippen LogP contribution >= 0.6 is 0 Å². The van der Waals surface area contributed by atoms with Gasteiger partial charge in [-0.05, 0) is 18.3 Å². The Balaban J connectivity index is 2.08. The van der Waals surface area contributed by atoms with Gasteiger partial charge in [-0.15, -0.1) is 0 Å². The summed E-state index contributed by atoms with van der Waals surface area (Å²) in [6.07, 6.45) is 2.01. The summed E-state index contributed by atoms with van der Waals surface area (Å²) < 4.78 is 0. The molecule has 78 valence electrons. The summed E-state index contributed by atoms with van der Waals surface area (Å²) in [5, 5.41) is 15.5. The lowest BCUT2D eigenvalue weighted by Crippen LogP contribution is -2.56. The largest absolute Gasteiger partial charge is 0.396 e. The minimum Gasteiger partial charge on any atom is -0.396 e. The van der Waals surface area contributed by atoms with Gasteiger partial charge in [0, 0.05) is 32.3 Å². The van der Waals surface area contributed by atoms with Crippen LogP contribution in [0.4, 0.5) is 0 Å². The number of rotatable bonds is 6. The quantitative estimate of drug-likeness (QED) is 0.561. The Kier molecular flexibility index (Phi) is 4.16. The van der Waals surface area contributed by atoms with Gasteiger partial charge in [0.05, 0.1) is 0 Å². The first kappa shape index (κ1) is 11.0. The maximum absolute atomic E-state index is 8.73. The molecule has 1 rings (SSSR count). The van der Waals surface area contributed by atoms with Crippen molar-refractivity contribution >= 4 is 0 Å². The fourth-order valence-corrected chi connectivity index (χ4v) is 1.50. The molecule has 0 saturated carbocycles. The van der Waals surface area contributed by atoms with Crippen LogP contribution in [0.3, 0.4) is 0 Å². The minimum atomic E-state index is 0.314. The van der Waals surface area contributed by atoms with Gasteiger partial charge in [-0.1, -0.05) is 13.8 Å². The molecule has 0 amide bonds. The van der Waals surface area contributed by atoms with Gasteiger partial charge in [0.15, 0.2) is 0 Å². The van der Waals surface area contributed by atoms with Crippen LogP contribution in [0.1, 0.15) is 26.7 Å². The number of hydrogen-bond acceptors (Lipinski definition) is 3. The molecule has 3 heteroatoms. The molecule has 1 saturated heterocycles. The summed E-state index contributed by atoms with van der Waals surface area (Å²) in [5.41, 5.74) is 0.318. The van der Waals surface area contributed by atoms with E-state index in [-0.39, 0.29) is 0 Å². The van der Waals surface area contributed by atoms with Crippen LogP contribution in [-0.2, 0) is 0 Å². The number of nitrogens with one attached hydrogen (secondary N) is 2. The first-order valence-electron chi connectivity index (χ1n) is 5.19. The molecule has 0 atom stereocenters. The number of hydrogen-bond donors (Lipinski definition) is 3. The van der Waals surface area contributed by atoms with E-state index in [0.29, 0.717) is 18.1 Å². The molecule has 0 aliphatic carbocycles. The van der Waals surface area contributed by atoms with Gasteiger partial charge < -0.3 is 15.7 Å². The van der Waals surface area contributed by atoms with Crippen molar-refractivity contribution in [3.63, 3.8) is 0 Å². The average Bonchev–Trinajstić information content (AvgIpc) is 1.98. The van der Waals surface area contributed by atoms with E-state index in [0.717, 1.165) is 32.5 Å². The molecule has 13 heavy (non-hydrogen) atoms. The lowest BCUT2D eigenvalue weighted by atomic mass is 9.87. The standard InChI is InChI=1S/C10H22N2O/c1-10(2,4-3-5-13)8-12-9-6-11-7-9/h9,11-13H,3-8H2,1-2H3.